The third-order valence-corrected chi connectivity index (χ3v) is 10.5. The standard InChI is InChI=1S/C47H90O6/c1-6-7-8-9-10-11-13-17-22-27-32-37-45(48)51-40-44(53-47(50)39-34-29-24-19-21-26-31-36-43(4)5)41-52-46(49)38-33-28-23-18-15-12-14-16-20-25-30-35-42(2)3/h42-44H,6-41H2,1-5H3/t44-/m0/s1. The average Bonchev–Trinajstić information content (AvgIpc) is 3.12. The molecule has 0 aromatic carbocycles. The zero-order chi connectivity index (χ0) is 39.0. The minimum atomic E-state index is -0.760. The lowest BCUT2D eigenvalue weighted by molar-refractivity contribution is -0.167. The minimum absolute atomic E-state index is 0.0653. The molecule has 0 unspecified atom stereocenters. The van der Waals surface area contributed by atoms with Gasteiger partial charge in [-0.3, -0.25) is 14.4 Å². The molecule has 0 aromatic heterocycles. The van der Waals surface area contributed by atoms with Crippen LogP contribution in [0, 0.1) is 11.8 Å². The van der Waals surface area contributed by atoms with E-state index in [4.69, 9.17) is 14.2 Å². The van der Waals surface area contributed by atoms with Gasteiger partial charge in [0.05, 0.1) is 0 Å². The molecule has 314 valence electrons. The van der Waals surface area contributed by atoms with Crippen LogP contribution in [0.15, 0.2) is 0 Å². The molecule has 53 heavy (non-hydrogen) atoms. The molecule has 6 nitrogen and oxygen atoms in total. The fourth-order valence-electron chi connectivity index (χ4n) is 6.93. The first-order valence-corrected chi connectivity index (χ1v) is 23.2. The molecule has 0 heterocycles. The number of hydrogen-bond acceptors (Lipinski definition) is 6. The van der Waals surface area contributed by atoms with Crippen LogP contribution in [-0.4, -0.2) is 37.2 Å². The molecule has 0 aromatic rings. The van der Waals surface area contributed by atoms with Gasteiger partial charge in [-0.2, -0.15) is 0 Å². The van der Waals surface area contributed by atoms with Crippen molar-refractivity contribution in [3.8, 4) is 0 Å². The predicted octanol–water partition coefficient (Wildman–Crippen LogP) is 14.6. The van der Waals surface area contributed by atoms with Crippen molar-refractivity contribution < 1.29 is 28.6 Å². The first kappa shape index (κ1) is 51.4. The van der Waals surface area contributed by atoms with Crippen molar-refractivity contribution in [1.29, 1.82) is 0 Å². The Labute approximate surface area is 329 Å². The Morgan fingerprint density at radius 3 is 0.925 bits per heavy atom. The predicted molar refractivity (Wildman–Crippen MR) is 224 cm³/mol. The summed E-state index contributed by atoms with van der Waals surface area (Å²) in [4.78, 5) is 37.7. The highest BCUT2D eigenvalue weighted by atomic mass is 16.6. The van der Waals surface area contributed by atoms with Crippen LogP contribution in [0.25, 0.3) is 0 Å². The van der Waals surface area contributed by atoms with Crippen LogP contribution in [0.3, 0.4) is 0 Å². The number of rotatable bonds is 41. The second-order valence-corrected chi connectivity index (χ2v) is 17.0. The summed E-state index contributed by atoms with van der Waals surface area (Å²) in [5, 5.41) is 0. The zero-order valence-corrected chi connectivity index (χ0v) is 36.1. The van der Waals surface area contributed by atoms with Gasteiger partial charge in [0.25, 0.3) is 0 Å². The third kappa shape index (κ3) is 41.4. The van der Waals surface area contributed by atoms with E-state index in [9.17, 15) is 14.4 Å². The molecular weight excluding hydrogens is 661 g/mol. The van der Waals surface area contributed by atoms with E-state index < -0.39 is 6.10 Å². The maximum Gasteiger partial charge on any atom is 0.306 e. The Hall–Kier alpha value is -1.59. The zero-order valence-electron chi connectivity index (χ0n) is 36.1. The Balaban J connectivity index is 4.31. The summed E-state index contributed by atoms with van der Waals surface area (Å²) in [6.07, 6.45) is 38.1. The van der Waals surface area contributed by atoms with Crippen LogP contribution in [0.1, 0.15) is 253 Å². The molecule has 1 atom stereocenters. The number of ether oxygens (including phenoxy) is 3. The van der Waals surface area contributed by atoms with E-state index in [-0.39, 0.29) is 31.1 Å². The van der Waals surface area contributed by atoms with Gasteiger partial charge < -0.3 is 14.2 Å². The number of carbonyl (C=O) groups excluding carboxylic acids is 3. The monoisotopic (exact) mass is 751 g/mol. The van der Waals surface area contributed by atoms with Gasteiger partial charge >= 0.3 is 17.9 Å². The fourth-order valence-corrected chi connectivity index (χ4v) is 6.93. The van der Waals surface area contributed by atoms with E-state index in [2.05, 4.69) is 34.6 Å². The first-order valence-electron chi connectivity index (χ1n) is 23.2. The van der Waals surface area contributed by atoms with E-state index in [1.54, 1.807) is 0 Å². The van der Waals surface area contributed by atoms with Gasteiger partial charge in [-0.05, 0) is 31.1 Å². The molecule has 0 aliphatic heterocycles. The number of unbranched alkanes of at least 4 members (excludes halogenated alkanes) is 26. The lowest BCUT2D eigenvalue weighted by Crippen LogP contribution is -2.30. The molecule has 0 spiro atoms. The van der Waals surface area contributed by atoms with Crippen LogP contribution in [0.4, 0.5) is 0 Å². The van der Waals surface area contributed by atoms with Crippen molar-refractivity contribution >= 4 is 17.9 Å². The summed E-state index contributed by atoms with van der Waals surface area (Å²) in [6, 6.07) is 0. The number of hydrogen-bond donors (Lipinski definition) is 0. The summed E-state index contributed by atoms with van der Waals surface area (Å²) < 4.78 is 16.7. The van der Waals surface area contributed by atoms with Crippen molar-refractivity contribution in [3.63, 3.8) is 0 Å². The van der Waals surface area contributed by atoms with Crippen LogP contribution < -0.4 is 0 Å². The van der Waals surface area contributed by atoms with Crippen LogP contribution in [0.5, 0.6) is 0 Å². The maximum atomic E-state index is 12.7. The Bertz CT molecular complexity index is 809. The van der Waals surface area contributed by atoms with Gasteiger partial charge in [0, 0.05) is 19.3 Å². The lowest BCUT2D eigenvalue weighted by atomic mass is 10.0. The minimum Gasteiger partial charge on any atom is -0.462 e. The van der Waals surface area contributed by atoms with E-state index in [1.165, 1.54) is 141 Å². The third-order valence-electron chi connectivity index (χ3n) is 10.5. The van der Waals surface area contributed by atoms with Gasteiger partial charge in [-0.1, -0.05) is 214 Å². The van der Waals surface area contributed by atoms with E-state index >= 15 is 0 Å². The maximum absolute atomic E-state index is 12.7. The van der Waals surface area contributed by atoms with Gasteiger partial charge in [0.2, 0.25) is 0 Å². The molecule has 0 N–H and O–H groups in total. The van der Waals surface area contributed by atoms with Gasteiger partial charge in [-0.25, -0.2) is 0 Å². The molecular formula is C47H90O6. The van der Waals surface area contributed by atoms with Crippen molar-refractivity contribution in [2.75, 3.05) is 13.2 Å². The molecule has 0 radical (unpaired) electrons. The van der Waals surface area contributed by atoms with Crippen molar-refractivity contribution in [2.24, 2.45) is 11.8 Å². The van der Waals surface area contributed by atoms with Crippen molar-refractivity contribution in [2.45, 2.75) is 259 Å². The van der Waals surface area contributed by atoms with E-state index in [0.717, 1.165) is 69.6 Å². The quantitative estimate of drug-likeness (QED) is 0.0352. The van der Waals surface area contributed by atoms with E-state index in [0.29, 0.717) is 19.3 Å². The second kappa shape index (κ2) is 40.1. The highest BCUT2D eigenvalue weighted by Gasteiger charge is 2.19. The summed E-state index contributed by atoms with van der Waals surface area (Å²) in [5.74, 6) is 0.745. The van der Waals surface area contributed by atoms with Gasteiger partial charge in [0.15, 0.2) is 6.10 Å². The first-order chi connectivity index (χ1) is 25.7. The molecule has 0 rings (SSSR count). The molecule has 0 aliphatic carbocycles. The summed E-state index contributed by atoms with van der Waals surface area (Å²) >= 11 is 0. The number of carbonyl (C=O) groups is 3. The second-order valence-electron chi connectivity index (χ2n) is 17.0. The van der Waals surface area contributed by atoms with Gasteiger partial charge in [0.1, 0.15) is 13.2 Å². The Morgan fingerprint density at radius 2 is 0.623 bits per heavy atom. The summed E-state index contributed by atoms with van der Waals surface area (Å²) in [6.45, 7) is 11.3. The van der Waals surface area contributed by atoms with Crippen molar-refractivity contribution in [1.82, 2.24) is 0 Å². The topological polar surface area (TPSA) is 78.9 Å². The van der Waals surface area contributed by atoms with Crippen LogP contribution in [-0.2, 0) is 28.6 Å². The normalized spacial score (nSPS) is 12.1. The Kier molecular flexibility index (Phi) is 38.9. The number of esters is 3. The molecule has 6 heteroatoms. The average molecular weight is 751 g/mol. The molecule has 0 fully saturated rings. The summed E-state index contributed by atoms with van der Waals surface area (Å²) in [5.41, 5.74) is 0. The van der Waals surface area contributed by atoms with Crippen LogP contribution in [0.2, 0.25) is 0 Å². The molecule has 0 amide bonds. The largest absolute Gasteiger partial charge is 0.462 e. The van der Waals surface area contributed by atoms with Crippen LogP contribution >= 0.6 is 0 Å². The van der Waals surface area contributed by atoms with Crippen molar-refractivity contribution in [3.05, 3.63) is 0 Å². The summed E-state index contributed by atoms with van der Waals surface area (Å²) in [7, 11) is 0. The molecule has 0 saturated carbocycles. The molecule has 0 aliphatic rings. The highest BCUT2D eigenvalue weighted by Crippen LogP contribution is 2.16. The highest BCUT2D eigenvalue weighted by molar-refractivity contribution is 5.71. The molecule has 0 bridgehead atoms. The smallest absolute Gasteiger partial charge is 0.306 e. The van der Waals surface area contributed by atoms with Gasteiger partial charge in [-0.15, -0.1) is 0 Å². The van der Waals surface area contributed by atoms with E-state index in [1.807, 2.05) is 0 Å². The molecule has 0 saturated heterocycles. The lowest BCUT2D eigenvalue weighted by Gasteiger charge is -2.18. The SMILES string of the molecule is CCCCCCCCCCCCCC(=O)OC[C@@H](COC(=O)CCCCCCCCCCCCCC(C)C)OC(=O)CCCCCCCCCC(C)C. The fraction of sp³-hybridized carbons (Fsp3) is 0.936. The Morgan fingerprint density at radius 1 is 0.358 bits per heavy atom.